The molecule has 2 aromatic rings. The zero-order valence-electron chi connectivity index (χ0n) is 13.4. The van der Waals surface area contributed by atoms with Crippen molar-refractivity contribution in [2.45, 2.75) is 39.2 Å². The fraction of sp³-hybridized carbons (Fsp3) is 0.500. The van der Waals surface area contributed by atoms with Crippen LogP contribution in [0.3, 0.4) is 0 Å². The molecule has 0 spiro atoms. The number of aromatic nitrogens is 3. The Morgan fingerprint density at radius 1 is 1.39 bits per heavy atom. The third-order valence-corrected chi connectivity index (χ3v) is 3.27. The number of carbonyl (C=O) groups is 1. The van der Waals surface area contributed by atoms with Crippen LogP contribution in [0.2, 0.25) is 0 Å². The standard InChI is InChI=1S/C16H22N4O3/c1-11(2)9-12(10-21)18-14(22)6-7-15-19-16(20-23-15)13-5-3-4-8-17-13/h3-5,8,11-12,21H,6-7,9-10H2,1-2H3,(H,18,22). The number of aliphatic hydroxyl groups is 1. The van der Waals surface area contributed by atoms with E-state index in [1.165, 1.54) is 0 Å². The Hall–Kier alpha value is -2.28. The van der Waals surface area contributed by atoms with Crippen molar-refractivity contribution in [3.63, 3.8) is 0 Å². The minimum Gasteiger partial charge on any atom is -0.394 e. The molecule has 0 aromatic carbocycles. The van der Waals surface area contributed by atoms with E-state index in [1.807, 2.05) is 26.0 Å². The van der Waals surface area contributed by atoms with E-state index in [0.717, 1.165) is 6.42 Å². The summed E-state index contributed by atoms with van der Waals surface area (Å²) >= 11 is 0. The highest BCUT2D eigenvalue weighted by Crippen LogP contribution is 2.12. The van der Waals surface area contributed by atoms with Crippen LogP contribution in [0, 0.1) is 5.92 Å². The van der Waals surface area contributed by atoms with Crippen molar-refractivity contribution in [1.29, 1.82) is 0 Å². The third kappa shape index (κ3) is 5.45. The van der Waals surface area contributed by atoms with E-state index in [9.17, 15) is 9.90 Å². The van der Waals surface area contributed by atoms with Crippen LogP contribution in [0.1, 0.15) is 32.6 Å². The molecule has 0 aliphatic rings. The average molecular weight is 318 g/mol. The zero-order valence-corrected chi connectivity index (χ0v) is 13.4. The van der Waals surface area contributed by atoms with Crippen molar-refractivity contribution >= 4 is 5.91 Å². The van der Waals surface area contributed by atoms with Gasteiger partial charge in [-0.2, -0.15) is 4.98 Å². The molecule has 0 saturated heterocycles. The van der Waals surface area contributed by atoms with E-state index < -0.39 is 0 Å². The van der Waals surface area contributed by atoms with E-state index in [4.69, 9.17) is 4.52 Å². The van der Waals surface area contributed by atoms with Gasteiger partial charge in [-0.1, -0.05) is 25.1 Å². The first kappa shape index (κ1) is 17.1. The van der Waals surface area contributed by atoms with Crippen molar-refractivity contribution < 1.29 is 14.4 Å². The van der Waals surface area contributed by atoms with Crippen LogP contribution in [-0.2, 0) is 11.2 Å². The first-order valence-corrected chi connectivity index (χ1v) is 7.72. The van der Waals surface area contributed by atoms with Gasteiger partial charge in [0.05, 0.1) is 12.6 Å². The highest BCUT2D eigenvalue weighted by Gasteiger charge is 2.15. The van der Waals surface area contributed by atoms with Crippen LogP contribution in [-0.4, -0.2) is 38.8 Å². The molecular formula is C16H22N4O3. The number of nitrogens with one attached hydrogen (secondary N) is 1. The minimum atomic E-state index is -0.214. The smallest absolute Gasteiger partial charge is 0.227 e. The number of hydrogen-bond acceptors (Lipinski definition) is 6. The summed E-state index contributed by atoms with van der Waals surface area (Å²) in [5, 5.41) is 16.0. The zero-order chi connectivity index (χ0) is 16.7. The van der Waals surface area contributed by atoms with E-state index in [1.54, 1.807) is 12.3 Å². The summed E-state index contributed by atoms with van der Waals surface area (Å²) in [4.78, 5) is 20.3. The topological polar surface area (TPSA) is 101 Å². The number of aliphatic hydroxyl groups excluding tert-OH is 1. The minimum absolute atomic E-state index is 0.0612. The Morgan fingerprint density at radius 3 is 2.87 bits per heavy atom. The molecule has 0 bridgehead atoms. The molecule has 2 heterocycles. The summed E-state index contributed by atoms with van der Waals surface area (Å²) < 4.78 is 5.13. The molecule has 1 amide bonds. The van der Waals surface area contributed by atoms with Crippen molar-refractivity contribution in [1.82, 2.24) is 20.4 Å². The van der Waals surface area contributed by atoms with Gasteiger partial charge in [0.15, 0.2) is 0 Å². The number of carbonyl (C=O) groups excluding carboxylic acids is 1. The SMILES string of the molecule is CC(C)CC(CO)NC(=O)CCc1nc(-c2ccccn2)no1. The second-order valence-corrected chi connectivity index (χ2v) is 5.80. The number of rotatable bonds is 8. The molecule has 2 aromatic heterocycles. The van der Waals surface area contributed by atoms with Gasteiger partial charge in [0.25, 0.3) is 0 Å². The van der Waals surface area contributed by atoms with Crippen molar-refractivity contribution in [2.75, 3.05) is 6.61 Å². The molecule has 2 rings (SSSR count). The van der Waals surface area contributed by atoms with Gasteiger partial charge in [-0.15, -0.1) is 0 Å². The second kappa shape index (κ2) is 8.38. The lowest BCUT2D eigenvalue weighted by molar-refractivity contribution is -0.122. The molecule has 124 valence electrons. The first-order chi connectivity index (χ1) is 11.1. The predicted molar refractivity (Wildman–Crippen MR) is 84.3 cm³/mol. The van der Waals surface area contributed by atoms with Gasteiger partial charge in [-0.05, 0) is 24.5 Å². The Labute approximate surface area is 135 Å². The van der Waals surface area contributed by atoms with Gasteiger partial charge in [0.2, 0.25) is 17.6 Å². The molecule has 1 unspecified atom stereocenters. The average Bonchev–Trinajstić information content (AvgIpc) is 3.01. The van der Waals surface area contributed by atoms with Gasteiger partial charge >= 0.3 is 0 Å². The molecule has 0 aliphatic carbocycles. The maximum absolute atomic E-state index is 11.9. The number of nitrogens with zero attached hydrogens (tertiary/aromatic N) is 3. The lowest BCUT2D eigenvalue weighted by Crippen LogP contribution is -2.38. The number of pyridine rings is 1. The fourth-order valence-electron chi connectivity index (χ4n) is 2.22. The second-order valence-electron chi connectivity index (χ2n) is 5.80. The summed E-state index contributed by atoms with van der Waals surface area (Å²) in [7, 11) is 0. The van der Waals surface area contributed by atoms with E-state index in [2.05, 4.69) is 20.4 Å². The monoisotopic (exact) mass is 318 g/mol. The van der Waals surface area contributed by atoms with E-state index >= 15 is 0 Å². The molecule has 23 heavy (non-hydrogen) atoms. The Balaban J connectivity index is 1.84. The maximum Gasteiger partial charge on any atom is 0.227 e. The van der Waals surface area contributed by atoms with Crippen molar-refractivity contribution in [2.24, 2.45) is 5.92 Å². The predicted octanol–water partition coefficient (Wildman–Crippen LogP) is 1.59. The number of hydrogen-bond donors (Lipinski definition) is 2. The van der Waals surface area contributed by atoms with Gasteiger partial charge in [-0.3, -0.25) is 9.78 Å². The normalized spacial score (nSPS) is 12.3. The summed E-state index contributed by atoms with van der Waals surface area (Å²) in [6.07, 6.45) is 2.99. The Morgan fingerprint density at radius 2 is 2.22 bits per heavy atom. The molecule has 7 nitrogen and oxygen atoms in total. The lowest BCUT2D eigenvalue weighted by Gasteiger charge is -2.17. The molecule has 0 radical (unpaired) electrons. The molecule has 0 aliphatic heterocycles. The molecule has 0 fully saturated rings. The van der Waals surface area contributed by atoms with Crippen molar-refractivity contribution in [3.8, 4) is 11.5 Å². The van der Waals surface area contributed by atoms with Crippen LogP contribution >= 0.6 is 0 Å². The van der Waals surface area contributed by atoms with E-state index in [0.29, 0.717) is 29.7 Å². The Kier molecular flexibility index (Phi) is 6.22. The maximum atomic E-state index is 11.9. The third-order valence-electron chi connectivity index (χ3n) is 3.27. The molecule has 7 heteroatoms. The van der Waals surface area contributed by atoms with Crippen LogP contribution in [0.25, 0.3) is 11.5 Å². The molecule has 0 saturated carbocycles. The highest BCUT2D eigenvalue weighted by molar-refractivity contribution is 5.76. The lowest BCUT2D eigenvalue weighted by atomic mass is 10.0. The summed E-state index contributed by atoms with van der Waals surface area (Å²) in [6.45, 7) is 4.03. The van der Waals surface area contributed by atoms with Crippen molar-refractivity contribution in [3.05, 3.63) is 30.3 Å². The molecular weight excluding hydrogens is 296 g/mol. The van der Waals surface area contributed by atoms with Gasteiger partial charge in [0, 0.05) is 19.0 Å². The summed E-state index contributed by atoms with van der Waals surface area (Å²) in [5.74, 6) is 1.07. The first-order valence-electron chi connectivity index (χ1n) is 7.72. The van der Waals surface area contributed by atoms with Crippen LogP contribution < -0.4 is 5.32 Å². The number of amides is 1. The van der Waals surface area contributed by atoms with Crippen LogP contribution in [0.5, 0.6) is 0 Å². The van der Waals surface area contributed by atoms with Gasteiger partial charge in [0.1, 0.15) is 5.69 Å². The fourth-order valence-corrected chi connectivity index (χ4v) is 2.22. The largest absolute Gasteiger partial charge is 0.394 e. The molecule has 2 N–H and O–H groups in total. The summed E-state index contributed by atoms with van der Waals surface area (Å²) in [5.41, 5.74) is 0.629. The molecule has 1 atom stereocenters. The quantitative estimate of drug-likeness (QED) is 0.766. The van der Waals surface area contributed by atoms with Crippen LogP contribution in [0.4, 0.5) is 0 Å². The highest BCUT2D eigenvalue weighted by atomic mass is 16.5. The summed E-state index contributed by atoms with van der Waals surface area (Å²) in [6, 6.07) is 5.23. The Bertz CT molecular complexity index is 613. The number of aryl methyl sites for hydroxylation is 1. The van der Waals surface area contributed by atoms with Crippen LogP contribution in [0.15, 0.2) is 28.9 Å². The van der Waals surface area contributed by atoms with E-state index in [-0.39, 0.29) is 25.0 Å². The van der Waals surface area contributed by atoms with Gasteiger partial charge < -0.3 is 14.9 Å². The van der Waals surface area contributed by atoms with Gasteiger partial charge in [-0.25, -0.2) is 0 Å².